The lowest BCUT2D eigenvalue weighted by molar-refractivity contribution is -0.166. The minimum atomic E-state index is -0.655. The van der Waals surface area contributed by atoms with E-state index in [1.165, 1.54) is 0 Å². The van der Waals surface area contributed by atoms with Crippen LogP contribution in [0.5, 0.6) is 0 Å². The summed E-state index contributed by atoms with van der Waals surface area (Å²) in [7, 11) is 0. The van der Waals surface area contributed by atoms with Crippen LogP contribution in [0.1, 0.15) is 31.9 Å². The normalized spacial score (nSPS) is 32.9. The van der Waals surface area contributed by atoms with Gasteiger partial charge in [0.1, 0.15) is 12.2 Å². The molecule has 3 aliphatic rings. The van der Waals surface area contributed by atoms with Crippen LogP contribution in [0.4, 0.5) is 0 Å². The molecule has 0 spiro atoms. The molecule has 4 atom stereocenters. The second-order valence-corrected chi connectivity index (χ2v) is 8.39. The van der Waals surface area contributed by atoms with Gasteiger partial charge in [0.05, 0.1) is 11.3 Å². The predicted octanol–water partition coefficient (Wildman–Crippen LogP) is 4.27. The van der Waals surface area contributed by atoms with Crippen molar-refractivity contribution in [3.63, 3.8) is 0 Å². The summed E-state index contributed by atoms with van der Waals surface area (Å²) < 4.78 is 12.3. The van der Waals surface area contributed by atoms with Crippen molar-refractivity contribution >= 4 is 5.78 Å². The number of hydrogen-bond donors (Lipinski definition) is 0. The van der Waals surface area contributed by atoms with Crippen LogP contribution in [0.15, 0.2) is 72.3 Å². The molecular formula is C24H24O3. The van der Waals surface area contributed by atoms with Crippen LogP contribution in [0.2, 0.25) is 0 Å². The highest BCUT2D eigenvalue weighted by Crippen LogP contribution is 2.60. The first kappa shape index (κ1) is 16.9. The van der Waals surface area contributed by atoms with E-state index in [2.05, 4.69) is 37.3 Å². The molecule has 1 heterocycles. The molecule has 27 heavy (non-hydrogen) atoms. The molecule has 0 aromatic heterocycles. The Balaban J connectivity index is 1.68. The molecule has 1 saturated carbocycles. The molecule has 1 saturated heterocycles. The number of rotatable bonds is 2. The van der Waals surface area contributed by atoms with Crippen molar-refractivity contribution in [2.24, 2.45) is 11.8 Å². The fraction of sp³-hybridized carbons (Fsp3) is 0.375. The van der Waals surface area contributed by atoms with E-state index in [0.717, 1.165) is 16.7 Å². The summed E-state index contributed by atoms with van der Waals surface area (Å²) in [4.78, 5) is 13.8. The minimum Gasteiger partial charge on any atom is -0.343 e. The zero-order valence-corrected chi connectivity index (χ0v) is 15.9. The summed E-state index contributed by atoms with van der Waals surface area (Å²) in [6, 6.07) is 20.4. The van der Waals surface area contributed by atoms with Crippen LogP contribution < -0.4 is 0 Å². The van der Waals surface area contributed by atoms with Crippen molar-refractivity contribution in [3.8, 4) is 0 Å². The molecule has 2 aromatic carbocycles. The van der Waals surface area contributed by atoms with Gasteiger partial charge in [0, 0.05) is 5.92 Å². The molecule has 3 nitrogen and oxygen atoms in total. The molecule has 0 bridgehead atoms. The van der Waals surface area contributed by atoms with Gasteiger partial charge in [-0.3, -0.25) is 4.79 Å². The number of hydrogen-bond acceptors (Lipinski definition) is 3. The van der Waals surface area contributed by atoms with E-state index in [4.69, 9.17) is 9.47 Å². The maximum atomic E-state index is 13.8. The lowest BCUT2D eigenvalue weighted by Gasteiger charge is -2.57. The van der Waals surface area contributed by atoms with E-state index in [0.29, 0.717) is 0 Å². The van der Waals surface area contributed by atoms with Gasteiger partial charge in [0.25, 0.3) is 0 Å². The Kier molecular flexibility index (Phi) is 3.53. The molecule has 0 amide bonds. The van der Waals surface area contributed by atoms with Gasteiger partial charge < -0.3 is 9.47 Å². The lowest BCUT2D eigenvalue weighted by atomic mass is 9.44. The quantitative estimate of drug-likeness (QED) is 0.751. The topological polar surface area (TPSA) is 35.5 Å². The molecule has 1 aliphatic heterocycles. The number of ether oxygens (including phenoxy) is 2. The molecule has 2 aliphatic carbocycles. The molecular weight excluding hydrogens is 336 g/mol. The second-order valence-electron chi connectivity index (χ2n) is 8.39. The SMILES string of the molecule is CC1=C[C@H]2[C@H](C(=O)C2(c2ccccc2)c2ccccc2)[C@H]2OC(C)(C)O[C@@H]12. The third-order valence-electron chi connectivity index (χ3n) is 6.41. The van der Waals surface area contributed by atoms with Gasteiger partial charge in [-0.1, -0.05) is 66.7 Å². The van der Waals surface area contributed by atoms with Gasteiger partial charge in [-0.25, -0.2) is 0 Å². The van der Waals surface area contributed by atoms with Crippen molar-refractivity contribution in [2.75, 3.05) is 0 Å². The van der Waals surface area contributed by atoms with E-state index < -0.39 is 11.2 Å². The third kappa shape index (κ3) is 2.19. The number of benzene rings is 2. The first-order valence-electron chi connectivity index (χ1n) is 9.64. The summed E-state index contributed by atoms with van der Waals surface area (Å²) in [5.41, 5.74) is 2.64. The maximum Gasteiger partial charge on any atom is 0.164 e. The van der Waals surface area contributed by atoms with Gasteiger partial charge in [-0.15, -0.1) is 0 Å². The predicted molar refractivity (Wildman–Crippen MR) is 103 cm³/mol. The Hall–Kier alpha value is -2.23. The Morgan fingerprint density at radius 1 is 0.852 bits per heavy atom. The Morgan fingerprint density at radius 3 is 1.96 bits per heavy atom. The van der Waals surface area contributed by atoms with Crippen LogP contribution in [-0.4, -0.2) is 23.8 Å². The van der Waals surface area contributed by atoms with Crippen molar-refractivity contribution in [3.05, 3.63) is 83.4 Å². The summed E-state index contributed by atoms with van der Waals surface area (Å²) in [5.74, 6) is -0.503. The van der Waals surface area contributed by atoms with E-state index >= 15 is 0 Å². The molecule has 138 valence electrons. The second kappa shape index (κ2) is 5.63. The number of Topliss-reactive ketones (excluding diaryl/α,β-unsaturated/α-hetero) is 1. The Morgan fingerprint density at radius 2 is 1.41 bits per heavy atom. The standard InChI is InChI=1S/C24H24O3/c1-15-14-18-19(21-20(15)26-23(2,3)27-21)22(25)24(18,16-10-6-4-7-11-16)17-12-8-5-9-13-17/h4-14,18-21H,1-3H3/t18-,19-,20-,21+/m0/s1. The summed E-state index contributed by atoms with van der Waals surface area (Å²) in [5, 5.41) is 0. The highest BCUT2D eigenvalue weighted by molar-refractivity contribution is 6.04. The minimum absolute atomic E-state index is 0.0774. The first-order valence-corrected chi connectivity index (χ1v) is 9.64. The maximum absolute atomic E-state index is 13.8. The Labute approximate surface area is 160 Å². The number of fused-ring (bicyclic) bond motifs is 3. The smallest absolute Gasteiger partial charge is 0.164 e. The van der Waals surface area contributed by atoms with Gasteiger partial charge in [0.2, 0.25) is 0 Å². The largest absolute Gasteiger partial charge is 0.343 e. The summed E-state index contributed by atoms with van der Waals surface area (Å²) >= 11 is 0. The fourth-order valence-electron chi connectivity index (χ4n) is 5.37. The number of carbonyl (C=O) groups is 1. The molecule has 2 fully saturated rings. The molecule has 0 N–H and O–H groups in total. The average Bonchev–Trinajstić information content (AvgIpc) is 2.99. The van der Waals surface area contributed by atoms with E-state index in [9.17, 15) is 4.79 Å². The zero-order chi connectivity index (χ0) is 18.8. The van der Waals surface area contributed by atoms with Crippen LogP contribution in [0.25, 0.3) is 0 Å². The number of carbonyl (C=O) groups excluding carboxylic acids is 1. The molecule has 0 unspecified atom stereocenters. The molecule has 3 heteroatoms. The van der Waals surface area contributed by atoms with E-state index in [1.54, 1.807) is 0 Å². The lowest BCUT2D eigenvalue weighted by Crippen LogP contribution is -2.67. The third-order valence-corrected chi connectivity index (χ3v) is 6.41. The van der Waals surface area contributed by atoms with Crippen LogP contribution in [0.3, 0.4) is 0 Å². The van der Waals surface area contributed by atoms with Crippen molar-refractivity contribution in [2.45, 2.75) is 44.2 Å². The van der Waals surface area contributed by atoms with E-state index in [1.807, 2.05) is 50.2 Å². The zero-order valence-electron chi connectivity index (χ0n) is 15.9. The fourth-order valence-corrected chi connectivity index (χ4v) is 5.37. The van der Waals surface area contributed by atoms with Crippen LogP contribution in [0, 0.1) is 11.8 Å². The van der Waals surface area contributed by atoms with Crippen LogP contribution >= 0.6 is 0 Å². The average molecular weight is 360 g/mol. The number of ketones is 1. The van der Waals surface area contributed by atoms with Crippen molar-refractivity contribution < 1.29 is 14.3 Å². The van der Waals surface area contributed by atoms with Crippen molar-refractivity contribution in [1.82, 2.24) is 0 Å². The van der Waals surface area contributed by atoms with Gasteiger partial charge in [0.15, 0.2) is 11.6 Å². The Bertz CT molecular complexity index is 874. The van der Waals surface area contributed by atoms with Gasteiger partial charge in [-0.05, 0) is 37.5 Å². The molecule has 0 radical (unpaired) electrons. The molecule has 2 aromatic rings. The van der Waals surface area contributed by atoms with Gasteiger partial charge in [-0.2, -0.15) is 0 Å². The molecule has 5 rings (SSSR count). The first-order chi connectivity index (χ1) is 12.9. The number of allylic oxidation sites excluding steroid dienone is 1. The highest BCUT2D eigenvalue weighted by Gasteiger charge is 2.69. The monoisotopic (exact) mass is 360 g/mol. The van der Waals surface area contributed by atoms with Crippen LogP contribution in [-0.2, 0) is 19.7 Å². The van der Waals surface area contributed by atoms with Gasteiger partial charge >= 0.3 is 0 Å². The van der Waals surface area contributed by atoms with Crippen molar-refractivity contribution in [1.29, 1.82) is 0 Å². The van der Waals surface area contributed by atoms with E-state index in [-0.39, 0.29) is 29.8 Å². The summed E-state index contributed by atoms with van der Waals surface area (Å²) in [6.07, 6.45) is 1.93. The highest BCUT2D eigenvalue weighted by atomic mass is 16.8. The summed E-state index contributed by atoms with van der Waals surface area (Å²) in [6.45, 7) is 5.96.